The van der Waals surface area contributed by atoms with Gasteiger partial charge in [0.15, 0.2) is 5.43 Å². The quantitative estimate of drug-likeness (QED) is 0.135. The molecular formula is C86H84O4. The molecule has 3 heterocycles. The molecule has 2 aliphatic heterocycles. The van der Waals surface area contributed by atoms with Gasteiger partial charge in [0.1, 0.15) is 35.1 Å². The lowest BCUT2D eigenvalue weighted by molar-refractivity contribution is 0.222. The molecule has 13 rings (SSSR count). The van der Waals surface area contributed by atoms with Gasteiger partial charge in [-0.05, 0) is 207 Å². The van der Waals surface area contributed by atoms with Crippen molar-refractivity contribution in [1.82, 2.24) is 0 Å². The summed E-state index contributed by atoms with van der Waals surface area (Å²) < 4.78 is 19.5. The minimum atomic E-state index is -0.0508. The third-order valence-corrected chi connectivity index (χ3v) is 17.7. The van der Waals surface area contributed by atoms with Crippen LogP contribution in [0.3, 0.4) is 0 Å². The number of aryl methyl sites for hydroxylation is 14. The molecule has 0 bridgehead atoms. The Labute approximate surface area is 534 Å². The van der Waals surface area contributed by atoms with Gasteiger partial charge in [0.25, 0.3) is 0 Å². The van der Waals surface area contributed by atoms with Gasteiger partial charge in [0.05, 0.1) is 17.2 Å². The summed E-state index contributed by atoms with van der Waals surface area (Å²) in [5.41, 5.74) is 32.1. The Morgan fingerprint density at radius 1 is 0.333 bits per heavy atom. The normalized spacial score (nSPS) is 15.6. The molecule has 0 amide bonds. The molecule has 4 atom stereocenters. The van der Waals surface area contributed by atoms with Crippen molar-refractivity contribution in [3.05, 3.63) is 337 Å². The van der Waals surface area contributed by atoms with Gasteiger partial charge in [-0.2, -0.15) is 0 Å². The van der Waals surface area contributed by atoms with E-state index in [1.807, 2.05) is 39.0 Å². The van der Waals surface area contributed by atoms with Crippen LogP contribution in [-0.4, -0.2) is 0 Å². The maximum atomic E-state index is 12.7. The molecule has 90 heavy (non-hydrogen) atoms. The topological polar surface area (TPSA) is 48.7 Å². The Morgan fingerprint density at radius 3 is 1.39 bits per heavy atom. The summed E-state index contributed by atoms with van der Waals surface area (Å²) in [6.45, 7) is 31.5. The fourth-order valence-electron chi connectivity index (χ4n) is 13.3. The van der Waals surface area contributed by atoms with E-state index in [0.717, 1.165) is 28.2 Å². The summed E-state index contributed by atoms with van der Waals surface area (Å²) in [4.78, 5) is 12.7. The monoisotopic (exact) mass is 1180 g/mol. The van der Waals surface area contributed by atoms with E-state index in [-0.39, 0.29) is 29.5 Å². The van der Waals surface area contributed by atoms with Crippen LogP contribution < -0.4 is 14.9 Å². The van der Waals surface area contributed by atoms with Gasteiger partial charge in [-0.25, -0.2) is 0 Å². The summed E-state index contributed by atoms with van der Waals surface area (Å²) in [5.74, 6) is 2.95. The van der Waals surface area contributed by atoms with E-state index >= 15 is 0 Å². The maximum Gasteiger partial charge on any atom is 0.196 e. The first-order chi connectivity index (χ1) is 43.1. The molecule has 1 aromatic heterocycles. The van der Waals surface area contributed by atoms with Gasteiger partial charge < -0.3 is 13.9 Å². The molecule has 0 N–H and O–H groups in total. The molecule has 0 radical (unpaired) electrons. The van der Waals surface area contributed by atoms with Crippen LogP contribution in [-0.2, 0) is 0 Å². The molecule has 0 spiro atoms. The van der Waals surface area contributed by atoms with Gasteiger partial charge in [0, 0.05) is 22.3 Å². The fraction of sp³-hybridized carbons (Fsp3) is 0.221. The summed E-state index contributed by atoms with van der Waals surface area (Å²) in [6, 6.07) is 67.9. The molecule has 0 saturated heterocycles. The van der Waals surface area contributed by atoms with Crippen LogP contribution in [0.1, 0.15) is 163 Å². The van der Waals surface area contributed by atoms with Crippen molar-refractivity contribution in [3.63, 3.8) is 0 Å². The standard InChI is InChI=1S/2C33H32O.C20H20O2/c1-21-6-10-26(11-7-21)12-15-28-17-25(5)20-30-31(28)32(29-18-23(3)16-24(4)19-29)33(34-30)27-13-8-22(2)9-14-27;1-21-6-11-28(12-7-21)33-32(29-18-24(4)15-25(5)19-29)30-20-26(10-13-31(30)34-33)8-9-27-16-22(2)14-23(3)17-27;1-11-8-14(4)18-17(9-11)22-20(15(5)19(18)21)16-7-6-12(2)13(3)10-16/h2*6-20,32-33H,1-5H3;6-10H,1-5H3/b15-12+;9-8+;. The highest BCUT2D eigenvalue weighted by Gasteiger charge is 2.39. The van der Waals surface area contributed by atoms with Crippen molar-refractivity contribution in [1.29, 1.82) is 0 Å². The second kappa shape index (κ2) is 26.3. The number of fused-ring (bicyclic) bond motifs is 3. The Balaban J connectivity index is 0.000000143. The largest absolute Gasteiger partial charge is 0.484 e. The first kappa shape index (κ1) is 62.1. The minimum absolute atomic E-state index is 0.0320. The van der Waals surface area contributed by atoms with E-state index in [4.69, 9.17) is 13.9 Å². The van der Waals surface area contributed by atoms with Crippen LogP contribution >= 0.6 is 0 Å². The SMILES string of the molecule is Cc1cc(C)c2c(=O)c(C)c(-c3ccc(C)c(C)c3)oc2c1.Cc1ccc(/C=C/c2cc(C)cc3c2C(c2cc(C)cc(C)c2)C(c2ccc(C)cc2)O3)cc1.Cc1ccc(C2Oc3ccc(/C=C/c4cc(C)cc(C)c4)cc3C2c2cc(C)cc(C)c2)cc1. The zero-order chi connectivity index (χ0) is 63.7. The first-order valence-electron chi connectivity index (χ1n) is 31.7. The lowest BCUT2D eigenvalue weighted by Crippen LogP contribution is -2.12. The molecule has 2 aliphatic rings. The molecule has 0 fully saturated rings. The first-order valence-corrected chi connectivity index (χ1v) is 31.7. The van der Waals surface area contributed by atoms with Crippen molar-refractivity contribution in [2.45, 2.75) is 128 Å². The van der Waals surface area contributed by atoms with E-state index in [0.29, 0.717) is 22.3 Å². The van der Waals surface area contributed by atoms with E-state index in [2.05, 4.69) is 277 Å². The van der Waals surface area contributed by atoms with Crippen LogP contribution in [0.15, 0.2) is 197 Å². The summed E-state index contributed by atoms with van der Waals surface area (Å²) in [6.07, 6.45) is 8.81. The molecule has 4 unspecified atom stereocenters. The smallest absolute Gasteiger partial charge is 0.196 e. The Bertz CT molecular complexity index is 4550. The van der Waals surface area contributed by atoms with E-state index in [9.17, 15) is 4.79 Å². The Kier molecular flexibility index (Phi) is 18.1. The average Bonchev–Trinajstić information content (AvgIpc) is 1.60. The lowest BCUT2D eigenvalue weighted by Gasteiger charge is -2.22. The number of hydrogen-bond donors (Lipinski definition) is 0. The van der Waals surface area contributed by atoms with Crippen LogP contribution in [0.4, 0.5) is 0 Å². The van der Waals surface area contributed by atoms with Crippen molar-refractivity contribution >= 4 is 35.3 Å². The highest BCUT2D eigenvalue weighted by atomic mass is 16.5. The zero-order valence-corrected chi connectivity index (χ0v) is 55.1. The van der Waals surface area contributed by atoms with Crippen molar-refractivity contribution in [3.8, 4) is 22.8 Å². The number of rotatable bonds is 9. The molecule has 452 valence electrons. The predicted octanol–water partition coefficient (Wildman–Crippen LogP) is 22.3. The number of ether oxygens (including phenoxy) is 2. The van der Waals surface area contributed by atoms with Crippen molar-refractivity contribution in [2.75, 3.05) is 0 Å². The van der Waals surface area contributed by atoms with E-state index < -0.39 is 0 Å². The molecule has 11 aromatic rings. The van der Waals surface area contributed by atoms with Crippen LogP contribution in [0.5, 0.6) is 11.5 Å². The van der Waals surface area contributed by atoms with Gasteiger partial charge in [-0.1, -0.05) is 232 Å². The summed E-state index contributed by atoms with van der Waals surface area (Å²) in [7, 11) is 0. The molecular weight excluding hydrogens is 1100 g/mol. The lowest BCUT2D eigenvalue weighted by atomic mass is 9.81. The highest BCUT2D eigenvalue weighted by molar-refractivity contribution is 5.84. The van der Waals surface area contributed by atoms with Gasteiger partial charge in [-0.15, -0.1) is 0 Å². The number of benzene rings is 10. The van der Waals surface area contributed by atoms with E-state index in [1.54, 1.807) is 0 Å². The summed E-state index contributed by atoms with van der Waals surface area (Å²) in [5, 5.41) is 0.690. The maximum absolute atomic E-state index is 12.7. The number of hydrogen-bond acceptors (Lipinski definition) is 4. The van der Waals surface area contributed by atoms with Crippen LogP contribution in [0.25, 0.3) is 46.6 Å². The molecule has 4 heteroatoms. The molecule has 0 saturated carbocycles. The molecule has 4 nitrogen and oxygen atoms in total. The summed E-state index contributed by atoms with van der Waals surface area (Å²) >= 11 is 0. The molecule has 0 aliphatic carbocycles. The van der Waals surface area contributed by atoms with E-state index in [1.165, 1.54) is 122 Å². The second-order valence-electron chi connectivity index (χ2n) is 25.9. The van der Waals surface area contributed by atoms with Gasteiger partial charge in [-0.3, -0.25) is 4.79 Å². The van der Waals surface area contributed by atoms with Gasteiger partial charge in [0.2, 0.25) is 0 Å². The third-order valence-electron chi connectivity index (χ3n) is 17.7. The predicted molar refractivity (Wildman–Crippen MR) is 379 cm³/mol. The Morgan fingerprint density at radius 2 is 0.811 bits per heavy atom. The second-order valence-corrected chi connectivity index (χ2v) is 25.9. The fourth-order valence-corrected chi connectivity index (χ4v) is 13.3. The van der Waals surface area contributed by atoms with Crippen molar-refractivity contribution < 1.29 is 13.9 Å². The minimum Gasteiger partial charge on any atom is -0.484 e. The van der Waals surface area contributed by atoms with Gasteiger partial charge >= 0.3 is 0 Å². The average molecular weight is 1180 g/mol. The zero-order valence-electron chi connectivity index (χ0n) is 55.1. The highest BCUT2D eigenvalue weighted by Crippen LogP contribution is 2.53. The third kappa shape index (κ3) is 13.8. The van der Waals surface area contributed by atoms with Crippen LogP contribution in [0, 0.1) is 104 Å². The molecule has 10 aromatic carbocycles. The van der Waals surface area contributed by atoms with Crippen molar-refractivity contribution in [2.24, 2.45) is 0 Å². The van der Waals surface area contributed by atoms with Crippen LogP contribution in [0.2, 0.25) is 0 Å². The Hall–Kier alpha value is -9.51.